The van der Waals surface area contributed by atoms with Gasteiger partial charge in [0.15, 0.2) is 17.3 Å². The van der Waals surface area contributed by atoms with Crippen LogP contribution in [0.1, 0.15) is 11.5 Å². The summed E-state index contributed by atoms with van der Waals surface area (Å²) < 4.78 is 0. The van der Waals surface area contributed by atoms with E-state index in [2.05, 4.69) is 24.9 Å². The van der Waals surface area contributed by atoms with Gasteiger partial charge in [-0.05, 0) is 6.92 Å². The van der Waals surface area contributed by atoms with Crippen molar-refractivity contribution >= 4 is 17.0 Å². The molecule has 0 amide bonds. The van der Waals surface area contributed by atoms with Crippen LogP contribution in [0.4, 0.5) is 0 Å². The van der Waals surface area contributed by atoms with Crippen LogP contribution in [0.2, 0.25) is 0 Å². The molecule has 2 heterocycles. The molecule has 0 fully saturated rings. The van der Waals surface area contributed by atoms with Crippen molar-refractivity contribution in [3.8, 4) is 0 Å². The first kappa shape index (κ1) is 9.45. The van der Waals surface area contributed by atoms with Crippen molar-refractivity contribution in [2.24, 2.45) is 10.7 Å². The maximum absolute atomic E-state index is 5.60. The molecule has 0 atom stereocenters. The van der Waals surface area contributed by atoms with Crippen LogP contribution in [0.3, 0.4) is 0 Å². The highest BCUT2D eigenvalue weighted by molar-refractivity contribution is 5.94. The van der Waals surface area contributed by atoms with E-state index in [9.17, 15) is 0 Å². The third kappa shape index (κ3) is 1.74. The normalized spacial score (nSPS) is 12.0. The maximum Gasteiger partial charge on any atom is 0.196 e. The Hall–Kier alpha value is -2.11. The van der Waals surface area contributed by atoms with Gasteiger partial charge in [-0.15, -0.1) is 0 Å². The molecule has 0 aromatic carbocycles. The molecule has 0 saturated carbocycles. The highest BCUT2D eigenvalue weighted by atomic mass is 15.0. The minimum absolute atomic E-state index is 0.292. The van der Waals surface area contributed by atoms with Crippen LogP contribution in [0.15, 0.2) is 17.4 Å². The average molecular weight is 202 g/mol. The second-order valence-corrected chi connectivity index (χ2v) is 3.02. The molecular weight excluding hydrogens is 192 g/mol. The van der Waals surface area contributed by atoms with Crippen LogP contribution in [0.25, 0.3) is 11.2 Å². The van der Waals surface area contributed by atoms with Crippen molar-refractivity contribution in [2.75, 3.05) is 7.05 Å². The van der Waals surface area contributed by atoms with Gasteiger partial charge in [-0.3, -0.25) is 4.99 Å². The molecular formula is C9H10N6. The Morgan fingerprint density at radius 1 is 1.27 bits per heavy atom. The molecule has 15 heavy (non-hydrogen) atoms. The highest BCUT2D eigenvalue weighted by Crippen LogP contribution is 2.05. The van der Waals surface area contributed by atoms with Crippen molar-refractivity contribution in [3.63, 3.8) is 0 Å². The summed E-state index contributed by atoms with van der Waals surface area (Å²) >= 11 is 0. The quantitative estimate of drug-likeness (QED) is 0.521. The molecule has 6 nitrogen and oxygen atoms in total. The van der Waals surface area contributed by atoms with E-state index in [4.69, 9.17) is 5.73 Å². The highest BCUT2D eigenvalue weighted by Gasteiger charge is 2.04. The second-order valence-electron chi connectivity index (χ2n) is 3.02. The molecule has 0 aliphatic rings. The van der Waals surface area contributed by atoms with Crippen LogP contribution < -0.4 is 5.73 Å². The number of fused-ring (bicyclic) bond motifs is 1. The van der Waals surface area contributed by atoms with E-state index in [1.54, 1.807) is 19.4 Å². The molecule has 0 saturated heterocycles. The van der Waals surface area contributed by atoms with Gasteiger partial charge in [0, 0.05) is 13.2 Å². The van der Waals surface area contributed by atoms with Crippen LogP contribution in [-0.4, -0.2) is 32.8 Å². The molecule has 2 N–H and O–H groups in total. The molecule has 6 heteroatoms. The summed E-state index contributed by atoms with van der Waals surface area (Å²) in [6.45, 7) is 1.85. The van der Waals surface area contributed by atoms with Gasteiger partial charge in [0.2, 0.25) is 0 Å². The fourth-order valence-corrected chi connectivity index (χ4v) is 1.12. The lowest BCUT2D eigenvalue weighted by atomic mass is 10.4. The summed E-state index contributed by atoms with van der Waals surface area (Å²) in [5.74, 6) is 0.671. The molecule has 0 radical (unpaired) electrons. The standard InChI is InChI=1S/C9H10N6/c1-5-3-12-6-4-13-9(7(10)11-2)15-8(6)14-5/h3-4H,1-2H3,(H2,10,11). The summed E-state index contributed by atoms with van der Waals surface area (Å²) in [6, 6.07) is 0. The predicted molar refractivity (Wildman–Crippen MR) is 56.5 cm³/mol. The Kier molecular flexibility index (Phi) is 2.24. The van der Waals surface area contributed by atoms with Gasteiger partial charge in [-0.25, -0.2) is 19.9 Å². The number of aliphatic imine (C=N–C) groups is 1. The van der Waals surface area contributed by atoms with E-state index >= 15 is 0 Å². The van der Waals surface area contributed by atoms with Gasteiger partial charge < -0.3 is 5.73 Å². The molecule has 0 aliphatic heterocycles. The van der Waals surface area contributed by atoms with Crippen molar-refractivity contribution in [1.82, 2.24) is 19.9 Å². The molecule has 2 aromatic heterocycles. The number of nitrogens with zero attached hydrogens (tertiary/aromatic N) is 5. The minimum atomic E-state index is 0.292. The van der Waals surface area contributed by atoms with E-state index in [1.807, 2.05) is 6.92 Å². The van der Waals surface area contributed by atoms with E-state index < -0.39 is 0 Å². The Morgan fingerprint density at radius 2 is 2.07 bits per heavy atom. The summed E-state index contributed by atoms with van der Waals surface area (Å²) in [6.07, 6.45) is 3.25. The lowest BCUT2D eigenvalue weighted by molar-refractivity contribution is 1.08. The summed E-state index contributed by atoms with van der Waals surface area (Å²) in [4.78, 5) is 20.4. The molecule has 76 valence electrons. The molecule has 0 unspecified atom stereocenters. The lowest BCUT2D eigenvalue weighted by Crippen LogP contribution is -2.17. The fourth-order valence-electron chi connectivity index (χ4n) is 1.12. The molecule has 2 aromatic rings. The van der Waals surface area contributed by atoms with Crippen LogP contribution in [0, 0.1) is 6.92 Å². The van der Waals surface area contributed by atoms with Gasteiger partial charge in [-0.2, -0.15) is 0 Å². The zero-order chi connectivity index (χ0) is 10.8. The Labute approximate surface area is 86.3 Å². The average Bonchev–Trinajstić information content (AvgIpc) is 2.27. The first-order valence-corrected chi connectivity index (χ1v) is 4.39. The van der Waals surface area contributed by atoms with E-state index in [-0.39, 0.29) is 0 Å². The minimum Gasteiger partial charge on any atom is -0.381 e. The smallest absolute Gasteiger partial charge is 0.196 e. The number of aromatic nitrogens is 4. The second kappa shape index (κ2) is 3.56. The van der Waals surface area contributed by atoms with Crippen molar-refractivity contribution in [3.05, 3.63) is 23.9 Å². The van der Waals surface area contributed by atoms with Gasteiger partial charge in [0.25, 0.3) is 0 Å². The van der Waals surface area contributed by atoms with Crippen LogP contribution in [-0.2, 0) is 0 Å². The molecule has 0 bridgehead atoms. The van der Waals surface area contributed by atoms with E-state index in [1.165, 1.54) is 0 Å². The molecule has 0 spiro atoms. The van der Waals surface area contributed by atoms with E-state index in [0.717, 1.165) is 5.69 Å². The first-order valence-electron chi connectivity index (χ1n) is 4.39. The summed E-state index contributed by atoms with van der Waals surface area (Å²) in [5, 5.41) is 0. The Balaban J connectivity index is 2.64. The fraction of sp³-hybridized carbons (Fsp3) is 0.222. The third-order valence-corrected chi connectivity index (χ3v) is 1.89. The van der Waals surface area contributed by atoms with Crippen LogP contribution in [0.5, 0.6) is 0 Å². The van der Waals surface area contributed by atoms with Gasteiger partial charge in [0.05, 0.1) is 11.9 Å². The SMILES string of the molecule is CN=C(N)c1ncc2ncc(C)nc2n1. The maximum atomic E-state index is 5.60. The Morgan fingerprint density at radius 3 is 2.80 bits per heavy atom. The van der Waals surface area contributed by atoms with Gasteiger partial charge in [-0.1, -0.05) is 0 Å². The number of aryl methyl sites for hydroxylation is 1. The summed E-state index contributed by atoms with van der Waals surface area (Å²) in [5.41, 5.74) is 7.59. The first-order chi connectivity index (χ1) is 7.20. The lowest BCUT2D eigenvalue weighted by Gasteiger charge is -2.00. The number of rotatable bonds is 1. The number of hydrogen-bond acceptors (Lipinski definition) is 5. The van der Waals surface area contributed by atoms with E-state index in [0.29, 0.717) is 22.8 Å². The largest absolute Gasteiger partial charge is 0.381 e. The monoisotopic (exact) mass is 202 g/mol. The van der Waals surface area contributed by atoms with Crippen molar-refractivity contribution < 1.29 is 0 Å². The van der Waals surface area contributed by atoms with Crippen molar-refractivity contribution in [1.29, 1.82) is 0 Å². The number of nitrogens with two attached hydrogens (primary N) is 1. The van der Waals surface area contributed by atoms with Gasteiger partial charge >= 0.3 is 0 Å². The molecule has 0 aliphatic carbocycles. The number of amidine groups is 1. The molecule has 2 rings (SSSR count). The number of hydrogen-bond donors (Lipinski definition) is 1. The topological polar surface area (TPSA) is 89.9 Å². The zero-order valence-electron chi connectivity index (χ0n) is 8.47. The third-order valence-electron chi connectivity index (χ3n) is 1.89. The summed E-state index contributed by atoms with van der Waals surface area (Å²) in [7, 11) is 1.59. The zero-order valence-corrected chi connectivity index (χ0v) is 8.47. The Bertz CT molecular complexity index is 533. The van der Waals surface area contributed by atoms with Crippen molar-refractivity contribution in [2.45, 2.75) is 6.92 Å². The van der Waals surface area contributed by atoms with Gasteiger partial charge in [0.1, 0.15) is 5.52 Å². The van der Waals surface area contributed by atoms with Crippen LogP contribution >= 0.6 is 0 Å². The predicted octanol–water partition coefficient (Wildman–Crippen LogP) is 0.0633.